The number of hydrogen-bond donors (Lipinski definition) is 0. The van der Waals surface area contributed by atoms with Gasteiger partial charge in [0.25, 0.3) is 5.91 Å². The quantitative estimate of drug-likeness (QED) is 0.713. The second kappa shape index (κ2) is 9.22. The van der Waals surface area contributed by atoms with E-state index in [0.29, 0.717) is 43.1 Å². The summed E-state index contributed by atoms with van der Waals surface area (Å²) < 4.78 is 10.7. The zero-order valence-corrected chi connectivity index (χ0v) is 18.8. The number of carbonyl (C=O) groups is 2. The number of amides is 2. The molecular formula is C24H28N2O4S. The first-order valence-corrected chi connectivity index (χ1v) is 11.5. The molecule has 2 aliphatic heterocycles. The maximum Gasteiger partial charge on any atom is 0.255 e. The van der Waals surface area contributed by atoms with Crippen molar-refractivity contribution in [2.75, 3.05) is 39.6 Å². The van der Waals surface area contributed by atoms with Gasteiger partial charge in [-0.15, -0.1) is 11.8 Å². The summed E-state index contributed by atoms with van der Waals surface area (Å²) in [6.07, 6.45) is 1.99. The highest BCUT2D eigenvalue weighted by Gasteiger charge is 2.47. The van der Waals surface area contributed by atoms with Gasteiger partial charge in [0, 0.05) is 37.0 Å². The lowest BCUT2D eigenvalue weighted by molar-refractivity contribution is -0.132. The molecule has 2 aromatic rings. The van der Waals surface area contributed by atoms with E-state index in [9.17, 15) is 9.59 Å². The SMILES string of the molecule is COc1cc(OC)cc(C(=O)N2CCSC23CCN(C(=O)Cc2ccccc2)CC3)c1. The molecule has 2 fully saturated rings. The number of hydrogen-bond acceptors (Lipinski definition) is 5. The molecule has 2 saturated heterocycles. The summed E-state index contributed by atoms with van der Waals surface area (Å²) in [7, 11) is 3.16. The molecule has 7 heteroatoms. The van der Waals surface area contributed by atoms with Gasteiger partial charge in [0.05, 0.1) is 25.5 Å². The lowest BCUT2D eigenvalue weighted by Crippen LogP contribution is -2.53. The van der Waals surface area contributed by atoms with E-state index in [1.807, 2.05) is 51.9 Å². The Balaban J connectivity index is 1.45. The maximum atomic E-state index is 13.4. The van der Waals surface area contributed by atoms with Gasteiger partial charge in [-0.3, -0.25) is 9.59 Å². The van der Waals surface area contributed by atoms with Crippen molar-refractivity contribution in [3.8, 4) is 11.5 Å². The van der Waals surface area contributed by atoms with E-state index in [4.69, 9.17) is 9.47 Å². The van der Waals surface area contributed by atoms with Gasteiger partial charge in [0.15, 0.2) is 0 Å². The molecule has 0 aromatic heterocycles. The van der Waals surface area contributed by atoms with Crippen molar-refractivity contribution in [3.63, 3.8) is 0 Å². The van der Waals surface area contributed by atoms with Crippen LogP contribution in [0.25, 0.3) is 0 Å². The molecule has 0 unspecified atom stereocenters. The number of likely N-dealkylation sites (tertiary alicyclic amines) is 1. The first kappa shape index (κ1) is 21.6. The van der Waals surface area contributed by atoms with Crippen molar-refractivity contribution >= 4 is 23.6 Å². The van der Waals surface area contributed by atoms with Crippen LogP contribution in [0.4, 0.5) is 0 Å². The number of carbonyl (C=O) groups excluding carboxylic acids is 2. The third-order valence-corrected chi connectivity index (χ3v) is 7.67. The Hall–Kier alpha value is -2.67. The zero-order chi connectivity index (χ0) is 21.8. The fourth-order valence-corrected chi connectivity index (χ4v) is 5.84. The lowest BCUT2D eigenvalue weighted by atomic mass is 10.00. The third-order valence-electron chi connectivity index (χ3n) is 6.12. The zero-order valence-electron chi connectivity index (χ0n) is 18.0. The number of piperidine rings is 1. The fourth-order valence-electron chi connectivity index (χ4n) is 4.38. The summed E-state index contributed by atoms with van der Waals surface area (Å²) in [5.41, 5.74) is 1.60. The van der Waals surface area contributed by atoms with E-state index in [-0.39, 0.29) is 16.7 Å². The molecule has 6 nitrogen and oxygen atoms in total. The molecule has 0 bridgehead atoms. The number of ether oxygens (including phenoxy) is 2. The average molecular weight is 441 g/mol. The van der Waals surface area contributed by atoms with Crippen LogP contribution in [0.15, 0.2) is 48.5 Å². The Morgan fingerprint density at radius 1 is 0.968 bits per heavy atom. The van der Waals surface area contributed by atoms with E-state index in [0.717, 1.165) is 24.2 Å². The minimum absolute atomic E-state index is 0.00809. The van der Waals surface area contributed by atoms with Crippen LogP contribution in [0.2, 0.25) is 0 Å². The molecule has 31 heavy (non-hydrogen) atoms. The Bertz CT molecular complexity index is 920. The van der Waals surface area contributed by atoms with Crippen molar-refractivity contribution in [1.29, 1.82) is 0 Å². The van der Waals surface area contributed by atoms with Gasteiger partial charge in [0.2, 0.25) is 5.91 Å². The standard InChI is InChI=1S/C24H28N2O4S/c1-29-20-15-19(16-21(17-20)30-2)23(28)26-12-13-31-24(26)8-10-25(11-9-24)22(27)14-18-6-4-3-5-7-18/h3-7,15-17H,8-14H2,1-2H3. The summed E-state index contributed by atoms with van der Waals surface area (Å²) in [6.45, 7) is 2.05. The van der Waals surface area contributed by atoms with Crippen molar-refractivity contribution in [1.82, 2.24) is 9.80 Å². The molecule has 2 heterocycles. The summed E-state index contributed by atoms with van der Waals surface area (Å²) in [6, 6.07) is 15.1. The van der Waals surface area contributed by atoms with Gasteiger partial charge in [-0.05, 0) is 30.5 Å². The Labute approximate surface area is 187 Å². The first-order chi connectivity index (χ1) is 15.0. The molecule has 164 valence electrons. The average Bonchev–Trinajstić information content (AvgIpc) is 3.21. The van der Waals surface area contributed by atoms with Crippen LogP contribution in [-0.4, -0.2) is 66.1 Å². The van der Waals surface area contributed by atoms with Gasteiger partial charge < -0.3 is 19.3 Å². The highest BCUT2D eigenvalue weighted by atomic mass is 32.2. The monoisotopic (exact) mass is 440 g/mol. The summed E-state index contributed by atoms with van der Waals surface area (Å²) in [5.74, 6) is 2.26. The van der Waals surface area contributed by atoms with Crippen molar-refractivity contribution < 1.29 is 19.1 Å². The number of rotatable bonds is 5. The van der Waals surface area contributed by atoms with E-state index >= 15 is 0 Å². The van der Waals surface area contributed by atoms with Crippen LogP contribution < -0.4 is 9.47 Å². The third kappa shape index (κ3) is 4.51. The largest absolute Gasteiger partial charge is 0.497 e. The normalized spacial score (nSPS) is 17.6. The first-order valence-electron chi connectivity index (χ1n) is 10.6. The fraction of sp³-hybridized carbons (Fsp3) is 0.417. The highest BCUT2D eigenvalue weighted by Crippen LogP contribution is 2.45. The predicted molar refractivity (Wildman–Crippen MR) is 122 cm³/mol. The van der Waals surface area contributed by atoms with Crippen LogP contribution in [0.3, 0.4) is 0 Å². The van der Waals surface area contributed by atoms with Crippen molar-refractivity contribution in [2.24, 2.45) is 0 Å². The second-order valence-electron chi connectivity index (χ2n) is 7.90. The van der Waals surface area contributed by atoms with E-state index in [2.05, 4.69) is 0 Å². The van der Waals surface area contributed by atoms with Gasteiger partial charge in [-0.25, -0.2) is 0 Å². The van der Waals surface area contributed by atoms with Gasteiger partial charge in [0.1, 0.15) is 11.5 Å². The molecule has 2 aromatic carbocycles. The topological polar surface area (TPSA) is 59.1 Å². The minimum Gasteiger partial charge on any atom is -0.497 e. The molecule has 0 N–H and O–H groups in total. The van der Waals surface area contributed by atoms with Crippen LogP contribution in [-0.2, 0) is 11.2 Å². The smallest absolute Gasteiger partial charge is 0.255 e. The van der Waals surface area contributed by atoms with Crippen molar-refractivity contribution in [2.45, 2.75) is 24.1 Å². The highest BCUT2D eigenvalue weighted by molar-refractivity contribution is 8.00. The number of benzene rings is 2. The summed E-state index contributed by atoms with van der Waals surface area (Å²) in [4.78, 5) is 29.9. The lowest BCUT2D eigenvalue weighted by Gasteiger charge is -2.44. The van der Waals surface area contributed by atoms with E-state index in [1.54, 1.807) is 32.4 Å². The van der Waals surface area contributed by atoms with Crippen LogP contribution in [0.1, 0.15) is 28.8 Å². The molecule has 0 radical (unpaired) electrons. The molecular weight excluding hydrogens is 412 g/mol. The van der Waals surface area contributed by atoms with E-state index in [1.165, 1.54) is 0 Å². The van der Waals surface area contributed by atoms with Gasteiger partial charge >= 0.3 is 0 Å². The van der Waals surface area contributed by atoms with Crippen LogP contribution in [0.5, 0.6) is 11.5 Å². The van der Waals surface area contributed by atoms with E-state index < -0.39 is 0 Å². The molecule has 2 amide bonds. The van der Waals surface area contributed by atoms with Gasteiger partial charge in [-0.1, -0.05) is 30.3 Å². The molecule has 1 spiro atoms. The Kier molecular flexibility index (Phi) is 6.41. The summed E-state index contributed by atoms with van der Waals surface area (Å²) in [5, 5.41) is 0. The number of thioether (sulfide) groups is 1. The molecule has 0 saturated carbocycles. The molecule has 4 rings (SSSR count). The number of nitrogens with zero attached hydrogens (tertiary/aromatic N) is 2. The minimum atomic E-state index is -0.253. The molecule has 2 aliphatic rings. The molecule has 0 atom stereocenters. The number of methoxy groups -OCH3 is 2. The molecule has 0 aliphatic carbocycles. The summed E-state index contributed by atoms with van der Waals surface area (Å²) >= 11 is 1.84. The van der Waals surface area contributed by atoms with Gasteiger partial charge in [-0.2, -0.15) is 0 Å². The predicted octanol–water partition coefficient (Wildman–Crippen LogP) is 3.45. The Morgan fingerprint density at radius 3 is 2.23 bits per heavy atom. The van der Waals surface area contributed by atoms with Crippen molar-refractivity contribution in [3.05, 3.63) is 59.7 Å². The van der Waals surface area contributed by atoms with Crippen LogP contribution in [0, 0.1) is 0 Å². The Morgan fingerprint density at radius 2 is 1.61 bits per heavy atom. The maximum absolute atomic E-state index is 13.4. The van der Waals surface area contributed by atoms with Crippen LogP contribution >= 0.6 is 11.8 Å². The second-order valence-corrected chi connectivity index (χ2v) is 9.35.